The van der Waals surface area contributed by atoms with E-state index in [0.29, 0.717) is 24.5 Å². The van der Waals surface area contributed by atoms with Crippen molar-refractivity contribution in [3.8, 4) is 0 Å². The minimum absolute atomic E-state index is 0.0152. The van der Waals surface area contributed by atoms with Gasteiger partial charge in [0.25, 0.3) is 0 Å². The predicted molar refractivity (Wildman–Crippen MR) is 68.3 cm³/mol. The number of nitro benzene ring substituents is 1. The smallest absolute Gasteiger partial charge is 0.316 e. The number of anilines is 2. The molecule has 0 saturated carbocycles. The quantitative estimate of drug-likeness (QED) is 0.414. The normalized spacial score (nSPS) is 19.0. The van der Waals surface area contributed by atoms with Crippen LogP contribution in [0.15, 0.2) is 18.2 Å². The van der Waals surface area contributed by atoms with E-state index in [1.807, 2.05) is 4.90 Å². The SMILES string of the molecule is NNc1cccc(N2CCC(CO)C2)c1[N+](=O)[O-]. The van der Waals surface area contributed by atoms with Gasteiger partial charge in [0.15, 0.2) is 0 Å². The summed E-state index contributed by atoms with van der Waals surface area (Å²) in [6.07, 6.45) is 0.841. The second-order valence-electron chi connectivity index (χ2n) is 4.36. The summed E-state index contributed by atoms with van der Waals surface area (Å²) in [7, 11) is 0. The lowest BCUT2D eigenvalue weighted by atomic mass is 10.1. The third kappa shape index (κ3) is 2.22. The number of aliphatic hydroxyl groups excluding tert-OH is 1. The molecule has 0 radical (unpaired) electrons. The summed E-state index contributed by atoms with van der Waals surface area (Å²) in [5.74, 6) is 5.48. The highest BCUT2D eigenvalue weighted by Crippen LogP contribution is 2.37. The van der Waals surface area contributed by atoms with Crippen molar-refractivity contribution >= 4 is 17.1 Å². The molecule has 0 aliphatic carbocycles. The maximum atomic E-state index is 11.1. The van der Waals surface area contributed by atoms with Crippen LogP contribution in [0.2, 0.25) is 0 Å². The van der Waals surface area contributed by atoms with E-state index in [4.69, 9.17) is 10.9 Å². The average molecular weight is 252 g/mol. The van der Waals surface area contributed by atoms with Crippen LogP contribution in [-0.4, -0.2) is 29.7 Å². The van der Waals surface area contributed by atoms with E-state index in [9.17, 15) is 10.1 Å². The van der Waals surface area contributed by atoms with Crippen molar-refractivity contribution in [1.29, 1.82) is 0 Å². The monoisotopic (exact) mass is 252 g/mol. The Morgan fingerprint density at radius 3 is 2.94 bits per heavy atom. The molecule has 18 heavy (non-hydrogen) atoms. The zero-order valence-electron chi connectivity index (χ0n) is 9.87. The minimum Gasteiger partial charge on any atom is -0.396 e. The number of nitrogens with one attached hydrogen (secondary N) is 1. The van der Waals surface area contributed by atoms with Crippen molar-refractivity contribution in [3.05, 3.63) is 28.3 Å². The summed E-state index contributed by atoms with van der Waals surface area (Å²) in [4.78, 5) is 12.6. The highest BCUT2D eigenvalue weighted by molar-refractivity contribution is 5.76. The van der Waals surface area contributed by atoms with Gasteiger partial charge in [0.05, 0.1) is 4.92 Å². The standard InChI is InChI=1S/C11H16N4O3/c12-13-9-2-1-3-10(11(9)15(17)18)14-5-4-8(6-14)7-16/h1-3,8,13,16H,4-7,12H2. The Bertz CT molecular complexity index is 452. The maximum absolute atomic E-state index is 11.1. The lowest BCUT2D eigenvalue weighted by Crippen LogP contribution is -2.22. The molecule has 1 aliphatic heterocycles. The van der Waals surface area contributed by atoms with Crippen LogP contribution in [0.4, 0.5) is 17.1 Å². The number of nitro groups is 1. The summed E-state index contributed by atoms with van der Waals surface area (Å²) in [6.45, 7) is 1.45. The van der Waals surface area contributed by atoms with Gasteiger partial charge in [0.1, 0.15) is 11.4 Å². The molecule has 7 nitrogen and oxygen atoms in total. The summed E-state index contributed by atoms with van der Waals surface area (Å²) < 4.78 is 0. The van der Waals surface area contributed by atoms with Crippen molar-refractivity contribution in [2.45, 2.75) is 6.42 Å². The van der Waals surface area contributed by atoms with Crippen LogP contribution in [0, 0.1) is 16.0 Å². The first-order valence-electron chi connectivity index (χ1n) is 5.77. The van der Waals surface area contributed by atoms with Crippen LogP contribution < -0.4 is 16.2 Å². The third-order valence-electron chi connectivity index (χ3n) is 3.24. The van der Waals surface area contributed by atoms with Gasteiger partial charge in [-0.3, -0.25) is 16.0 Å². The van der Waals surface area contributed by atoms with Gasteiger partial charge in [0, 0.05) is 25.6 Å². The molecule has 4 N–H and O–H groups in total. The molecule has 1 unspecified atom stereocenters. The second kappa shape index (κ2) is 5.19. The van der Waals surface area contributed by atoms with Gasteiger partial charge in [0.2, 0.25) is 0 Å². The Labute approximate surface area is 104 Å². The van der Waals surface area contributed by atoms with E-state index in [1.54, 1.807) is 18.2 Å². The molecule has 2 rings (SSSR count). The molecule has 7 heteroatoms. The Hall–Kier alpha value is -1.86. The topological polar surface area (TPSA) is 105 Å². The van der Waals surface area contributed by atoms with Gasteiger partial charge < -0.3 is 15.4 Å². The Morgan fingerprint density at radius 1 is 1.61 bits per heavy atom. The van der Waals surface area contributed by atoms with Gasteiger partial charge in [-0.15, -0.1) is 0 Å². The lowest BCUT2D eigenvalue weighted by Gasteiger charge is -2.19. The highest BCUT2D eigenvalue weighted by Gasteiger charge is 2.28. The number of benzene rings is 1. The number of hydrogen-bond donors (Lipinski definition) is 3. The number of aliphatic hydroxyl groups is 1. The van der Waals surface area contributed by atoms with Crippen LogP contribution in [0.1, 0.15) is 6.42 Å². The fourth-order valence-electron chi connectivity index (χ4n) is 2.30. The number of para-hydroxylation sites is 1. The number of nitrogens with two attached hydrogens (primary N) is 1. The molecule has 0 bridgehead atoms. The zero-order chi connectivity index (χ0) is 13.1. The van der Waals surface area contributed by atoms with E-state index in [2.05, 4.69) is 5.43 Å². The van der Waals surface area contributed by atoms with Crippen LogP contribution in [-0.2, 0) is 0 Å². The largest absolute Gasteiger partial charge is 0.396 e. The summed E-state index contributed by atoms with van der Waals surface area (Å²) in [5, 5.41) is 20.3. The number of hydrazine groups is 1. The number of hydrogen-bond acceptors (Lipinski definition) is 6. The predicted octanol–water partition coefficient (Wildman–Crippen LogP) is 0.699. The molecule has 1 atom stereocenters. The van der Waals surface area contributed by atoms with Crippen LogP contribution in [0.5, 0.6) is 0 Å². The molecule has 1 heterocycles. The Kier molecular flexibility index (Phi) is 3.63. The average Bonchev–Trinajstić information content (AvgIpc) is 2.86. The fourth-order valence-corrected chi connectivity index (χ4v) is 2.30. The van der Waals surface area contributed by atoms with Gasteiger partial charge >= 0.3 is 5.69 Å². The number of rotatable bonds is 4. The molecule has 0 spiro atoms. The number of nitrogens with zero attached hydrogens (tertiary/aromatic N) is 2. The van der Waals surface area contributed by atoms with Gasteiger partial charge in [-0.2, -0.15) is 0 Å². The second-order valence-corrected chi connectivity index (χ2v) is 4.36. The Balaban J connectivity index is 2.36. The third-order valence-corrected chi connectivity index (χ3v) is 3.24. The molecule has 1 aromatic carbocycles. The van der Waals surface area contributed by atoms with E-state index in [1.165, 1.54) is 0 Å². The lowest BCUT2D eigenvalue weighted by molar-refractivity contribution is -0.383. The fraction of sp³-hybridized carbons (Fsp3) is 0.455. The van der Waals surface area contributed by atoms with Crippen LogP contribution in [0.25, 0.3) is 0 Å². The van der Waals surface area contributed by atoms with Gasteiger partial charge in [-0.05, 0) is 18.6 Å². The molecule has 0 aromatic heterocycles. The van der Waals surface area contributed by atoms with E-state index < -0.39 is 4.92 Å². The van der Waals surface area contributed by atoms with Crippen molar-refractivity contribution in [2.75, 3.05) is 30.0 Å². The van der Waals surface area contributed by atoms with Gasteiger partial charge in [-0.25, -0.2) is 0 Å². The van der Waals surface area contributed by atoms with Crippen LogP contribution >= 0.6 is 0 Å². The molecule has 1 aliphatic rings. The van der Waals surface area contributed by atoms with E-state index >= 15 is 0 Å². The molecule has 1 aromatic rings. The first kappa shape index (κ1) is 12.6. The molecular weight excluding hydrogens is 236 g/mol. The van der Waals surface area contributed by atoms with Crippen molar-refractivity contribution in [2.24, 2.45) is 11.8 Å². The molecule has 98 valence electrons. The van der Waals surface area contributed by atoms with Crippen molar-refractivity contribution in [3.63, 3.8) is 0 Å². The first-order valence-corrected chi connectivity index (χ1v) is 5.77. The van der Waals surface area contributed by atoms with Crippen molar-refractivity contribution < 1.29 is 10.0 Å². The summed E-state index contributed by atoms with van der Waals surface area (Å²) >= 11 is 0. The molecule has 0 amide bonds. The van der Waals surface area contributed by atoms with Gasteiger partial charge in [-0.1, -0.05) is 6.07 Å². The number of nitrogen functional groups attached to an aromatic ring is 1. The summed E-state index contributed by atoms with van der Waals surface area (Å²) in [5.41, 5.74) is 3.18. The van der Waals surface area contributed by atoms with Crippen molar-refractivity contribution in [1.82, 2.24) is 0 Å². The molecule has 1 fully saturated rings. The highest BCUT2D eigenvalue weighted by atomic mass is 16.6. The Morgan fingerprint density at radius 2 is 2.39 bits per heavy atom. The first-order chi connectivity index (χ1) is 8.67. The molecular formula is C11H16N4O3. The zero-order valence-corrected chi connectivity index (χ0v) is 9.87. The minimum atomic E-state index is -0.434. The summed E-state index contributed by atoms with van der Waals surface area (Å²) in [6, 6.07) is 5.00. The molecule has 1 saturated heterocycles. The van der Waals surface area contributed by atoms with E-state index in [0.717, 1.165) is 6.42 Å². The van der Waals surface area contributed by atoms with Crippen LogP contribution in [0.3, 0.4) is 0 Å². The van der Waals surface area contributed by atoms with E-state index in [-0.39, 0.29) is 18.2 Å². The maximum Gasteiger partial charge on any atom is 0.316 e.